The second kappa shape index (κ2) is 4.30. The maximum atomic E-state index is 5.29. The third-order valence-electron chi connectivity index (χ3n) is 2.64. The minimum atomic E-state index is 0.411. The van der Waals surface area contributed by atoms with Crippen LogP contribution in [0.25, 0.3) is 0 Å². The predicted octanol–water partition coefficient (Wildman–Crippen LogP) is 0.993. The summed E-state index contributed by atoms with van der Waals surface area (Å²) in [6, 6.07) is 0. The van der Waals surface area contributed by atoms with Gasteiger partial charge < -0.3 is 5.73 Å². The van der Waals surface area contributed by atoms with Crippen molar-refractivity contribution in [3.63, 3.8) is 0 Å². The minimum absolute atomic E-state index is 0.411. The first-order valence-electron chi connectivity index (χ1n) is 5.10. The molecule has 1 aromatic rings. The standard InChI is InChI=1S/C11H15N3/c12-6-2-5-11-7-13-14(9-11)8-10-3-1-4-10/h7,9-10H,1,3-4,6,8,12H2. The van der Waals surface area contributed by atoms with Crippen LogP contribution in [0.4, 0.5) is 0 Å². The largest absolute Gasteiger partial charge is 0.320 e. The van der Waals surface area contributed by atoms with E-state index in [4.69, 9.17) is 5.73 Å². The van der Waals surface area contributed by atoms with Crippen LogP contribution >= 0.6 is 0 Å². The van der Waals surface area contributed by atoms with Gasteiger partial charge in [-0.25, -0.2) is 0 Å². The fourth-order valence-electron chi connectivity index (χ4n) is 1.62. The molecule has 0 spiro atoms. The van der Waals surface area contributed by atoms with Crippen LogP contribution in [-0.2, 0) is 6.54 Å². The highest BCUT2D eigenvalue weighted by atomic mass is 15.3. The highest BCUT2D eigenvalue weighted by Crippen LogP contribution is 2.27. The van der Waals surface area contributed by atoms with Crippen LogP contribution in [0.1, 0.15) is 24.8 Å². The average Bonchev–Trinajstić information content (AvgIpc) is 2.56. The van der Waals surface area contributed by atoms with E-state index in [0.29, 0.717) is 6.54 Å². The van der Waals surface area contributed by atoms with Crippen LogP contribution in [0.5, 0.6) is 0 Å². The van der Waals surface area contributed by atoms with Gasteiger partial charge in [-0.3, -0.25) is 4.68 Å². The van der Waals surface area contributed by atoms with Gasteiger partial charge in [0, 0.05) is 12.7 Å². The Morgan fingerprint density at radius 1 is 1.57 bits per heavy atom. The van der Waals surface area contributed by atoms with Crippen LogP contribution in [0.2, 0.25) is 0 Å². The molecule has 1 heterocycles. The van der Waals surface area contributed by atoms with Crippen LogP contribution in [0.3, 0.4) is 0 Å². The van der Waals surface area contributed by atoms with Gasteiger partial charge in [0.05, 0.1) is 18.3 Å². The Morgan fingerprint density at radius 2 is 2.43 bits per heavy atom. The van der Waals surface area contributed by atoms with E-state index < -0.39 is 0 Å². The minimum Gasteiger partial charge on any atom is -0.320 e. The van der Waals surface area contributed by atoms with Crippen molar-refractivity contribution < 1.29 is 0 Å². The van der Waals surface area contributed by atoms with E-state index in [0.717, 1.165) is 18.0 Å². The Balaban J connectivity index is 1.94. The SMILES string of the molecule is NCC#Cc1cnn(CC2CCC2)c1. The van der Waals surface area contributed by atoms with Gasteiger partial charge in [-0.15, -0.1) is 0 Å². The first-order valence-corrected chi connectivity index (χ1v) is 5.10. The molecule has 0 atom stereocenters. The van der Waals surface area contributed by atoms with Gasteiger partial charge in [0.2, 0.25) is 0 Å². The van der Waals surface area contributed by atoms with Gasteiger partial charge in [-0.2, -0.15) is 5.10 Å². The Morgan fingerprint density at radius 3 is 3.07 bits per heavy atom. The van der Waals surface area contributed by atoms with Crippen molar-refractivity contribution in [2.45, 2.75) is 25.8 Å². The maximum absolute atomic E-state index is 5.29. The van der Waals surface area contributed by atoms with E-state index in [1.165, 1.54) is 19.3 Å². The summed E-state index contributed by atoms with van der Waals surface area (Å²) in [5, 5.41) is 4.26. The van der Waals surface area contributed by atoms with Crippen molar-refractivity contribution in [3.05, 3.63) is 18.0 Å². The predicted molar refractivity (Wildman–Crippen MR) is 55.5 cm³/mol. The molecule has 0 saturated heterocycles. The maximum Gasteiger partial charge on any atom is 0.0646 e. The monoisotopic (exact) mass is 189 g/mol. The van der Waals surface area contributed by atoms with Crippen molar-refractivity contribution in [2.24, 2.45) is 11.7 Å². The van der Waals surface area contributed by atoms with E-state index in [1.54, 1.807) is 6.20 Å². The Hall–Kier alpha value is -1.27. The molecule has 3 nitrogen and oxygen atoms in total. The van der Waals surface area contributed by atoms with E-state index in [2.05, 4.69) is 16.9 Å². The number of aromatic nitrogens is 2. The van der Waals surface area contributed by atoms with Crippen molar-refractivity contribution >= 4 is 0 Å². The summed E-state index contributed by atoms with van der Waals surface area (Å²) in [6.07, 6.45) is 7.89. The molecule has 0 bridgehead atoms. The smallest absolute Gasteiger partial charge is 0.0646 e. The summed E-state index contributed by atoms with van der Waals surface area (Å²) >= 11 is 0. The molecule has 1 aliphatic rings. The van der Waals surface area contributed by atoms with Crippen molar-refractivity contribution in [1.82, 2.24) is 9.78 Å². The number of nitrogens with two attached hydrogens (primary N) is 1. The first kappa shape index (κ1) is 9.29. The summed E-state index contributed by atoms with van der Waals surface area (Å²) in [5.41, 5.74) is 6.26. The Labute approximate surface area is 84.3 Å². The molecule has 0 amide bonds. The normalized spacial score (nSPS) is 15.8. The lowest BCUT2D eigenvalue weighted by Crippen LogP contribution is -2.18. The lowest BCUT2D eigenvalue weighted by molar-refractivity contribution is 0.266. The van der Waals surface area contributed by atoms with Gasteiger partial charge >= 0.3 is 0 Å². The van der Waals surface area contributed by atoms with Gasteiger partial charge in [0.1, 0.15) is 0 Å². The third-order valence-corrected chi connectivity index (χ3v) is 2.64. The van der Waals surface area contributed by atoms with Gasteiger partial charge in [-0.1, -0.05) is 18.3 Å². The fourth-order valence-corrected chi connectivity index (χ4v) is 1.62. The molecule has 1 saturated carbocycles. The molecule has 1 aliphatic carbocycles. The van der Waals surface area contributed by atoms with Crippen molar-refractivity contribution in [1.29, 1.82) is 0 Å². The molecule has 0 unspecified atom stereocenters. The summed E-state index contributed by atoms with van der Waals surface area (Å²) in [5.74, 6) is 6.64. The van der Waals surface area contributed by atoms with Crippen LogP contribution in [0, 0.1) is 17.8 Å². The molecule has 2 N–H and O–H groups in total. The van der Waals surface area contributed by atoms with Crippen LogP contribution in [0.15, 0.2) is 12.4 Å². The number of hydrogen-bond acceptors (Lipinski definition) is 2. The molecule has 74 valence electrons. The summed E-state index contributed by atoms with van der Waals surface area (Å²) in [4.78, 5) is 0. The van der Waals surface area contributed by atoms with Gasteiger partial charge in [0.25, 0.3) is 0 Å². The molecule has 0 aromatic carbocycles. The van der Waals surface area contributed by atoms with Gasteiger partial charge in [0.15, 0.2) is 0 Å². The average molecular weight is 189 g/mol. The topological polar surface area (TPSA) is 43.8 Å². The third kappa shape index (κ3) is 2.15. The zero-order chi connectivity index (χ0) is 9.80. The molecule has 3 heteroatoms. The number of nitrogens with zero attached hydrogens (tertiary/aromatic N) is 2. The lowest BCUT2D eigenvalue weighted by atomic mass is 9.85. The zero-order valence-electron chi connectivity index (χ0n) is 8.24. The first-order chi connectivity index (χ1) is 6.88. The number of rotatable bonds is 2. The molecule has 1 fully saturated rings. The van der Waals surface area contributed by atoms with E-state index >= 15 is 0 Å². The Bertz CT molecular complexity index is 352. The highest BCUT2D eigenvalue weighted by molar-refractivity contribution is 5.29. The van der Waals surface area contributed by atoms with E-state index in [-0.39, 0.29) is 0 Å². The highest BCUT2D eigenvalue weighted by Gasteiger charge is 2.17. The quantitative estimate of drug-likeness (QED) is 0.705. The fraction of sp³-hybridized carbons (Fsp3) is 0.545. The summed E-state index contributed by atoms with van der Waals surface area (Å²) < 4.78 is 1.99. The second-order valence-corrected chi connectivity index (χ2v) is 3.75. The molecular formula is C11H15N3. The summed E-state index contributed by atoms with van der Waals surface area (Å²) in [6.45, 7) is 1.46. The zero-order valence-corrected chi connectivity index (χ0v) is 8.24. The molecule has 0 aliphatic heterocycles. The molecule has 1 aromatic heterocycles. The van der Waals surface area contributed by atoms with Crippen LogP contribution < -0.4 is 5.73 Å². The van der Waals surface area contributed by atoms with Crippen molar-refractivity contribution in [2.75, 3.05) is 6.54 Å². The van der Waals surface area contributed by atoms with Crippen LogP contribution in [-0.4, -0.2) is 16.3 Å². The number of hydrogen-bond donors (Lipinski definition) is 1. The summed E-state index contributed by atoms with van der Waals surface area (Å²) in [7, 11) is 0. The molecule has 2 rings (SSSR count). The molecular weight excluding hydrogens is 174 g/mol. The molecule has 0 radical (unpaired) electrons. The van der Waals surface area contributed by atoms with E-state index in [1.807, 2.05) is 10.9 Å². The van der Waals surface area contributed by atoms with Gasteiger partial charge in [-0.05, 0) is 18.8 Å². The Kier molecular flexibility index (Phi) is 2.85. The molecule has 14 heavy (non-hydrogen) atoms. The van der Waals surface area contributed by atoms with E-state index in [9.17, 15) is 0 Å². The van der Waals surface area contributed by atoms with Crippen molar-refractivity contribution in [3.8, 4) is 11.8 Å². The lowest BCUT2D eigenvalue weighted by Gasteiger charge is -2.24. The second-order valence-electron chi connectivity index (χ2n) is 3.75.